The van der Waals surface area contributed by atoms with Gasteiger partial charge in [0, 0.05) is 9.50 Å². The first kappa shape index (κ1) is 14.4. The van der Waals surface area contributed by atoms with Gasteiger partial charge in [-0.3, -0.25) is 4.79 Å². The molecule has 0 saturated heterocycles. The average molecular weight is 361 g/mol. The van der Waals surface area contributed by atoms with Gasteiger partial charge >= 0.3 is 0 Å². The van der Waals surface area contributed by atoms with Crippen LogP contribution in [0.2, 0.25) is 5.02 Å². The molecule has 2 rings (SSSR count). The van der Waals surface area contributed by atoms with Gasteiger partial charge in [0.25, 0.3) is 5.91 Å². The molecule has 7 heteroatoms. The second-order valence-electron chi connectivity index (χ2n) is 4.22. The van der Waals surface area contributed by atoms with Crippen molar-refractivity contribution in [3.8, 4) is 0 Å². The number of aromatic nitrogens is 2. The Morgan fingerprint density at radius 2 is 2.21 bits per heavy atom. The number of nitrogens with one attached hydrogen (secondary N) is 1. The fraction of sp³-hybridized carbons (Fsp3) is 0.250. The molecule has 0 bridgehead atoms. The van der Waals surface area contributed by atoms with Gasteiger partial charge in [-0.2, -0.15) is 0 Å². The third-order valence-corrected chi connectivity index (χ3v) is 4.11. The molecule has 1 N–H and O–H groups in total. The smallest absolute Gasteiger partial charge is 0.269 e. The van der Waals surface area contributed by atoms with E-state index in [9.17, 15) is 4.79 Å². The lowest BCUT2D eigenvalue weighted by atomic mass is 10.1. The molecule has 0 unspecified atom stereocenters. The first-order valence-corrected chi connectivity index (χ1v) is 7.52. The standard InChI is InChI=1S/C12H11BrClN3OS/c1-6(2)10-11(19-17-16-10)12(18)15-9-5-7(14)3-4-8(9)13/h3-6H,1-2H3,(H,15,18). The van der Waals surface area contributed by atoms with Crippen molar-refractivity contribution in [2.45, 2.75) is 19.8 Å². The van der Waals surface area contributed by atoms with Crippen LogP contribution in [0, 0.1) is 0 Å². The fourth-order valence-electron chi connectivity index (χ4n) is 1.51. The first-order valence-electron chi connectivity index (χ1n) is 5.57. The Morgan fingerprint density at radius 3 is 2.89 bits per heavy atom. The number of hydrogen-bond donors (Lipinski definition) is 1. The number of amides is 1. The number of hydrogen-bond acceptors (Lipinski definition) is 4. The van der Waals surface area contributed by atoms with Gasteiger partial charge in [-0.15, -0.1) is 5.10 Å². The lowest BCUT2D eigenvalue weighted by Gasteiger charge is -2.08. The molecule has 1 aromatic carbocycles. The van der Waals surface area contributed by atoms with Crippen LogP contribution in [0.15, 0.2) is 22.7 Å². The Kier molecular flexibility index (Phi) is 4.54. The van der Waals surface area contributed by atoms with E-state index in [2.05, 4.69) is 30.8 Å². The molecular weight excluding hydrogens is 350 g/mol. The van der Waals surface area contributed by atoms with Crippen LogP contribution in [0.25, 0.3) is 0 Å². The van der Waals surface area contributed by atoms with Crippen molar-refractivity contribution in [3.63, 3.8) is 0 Å². The molecule has 0 spiro atoms. The van der Waals surface area contributed by atoms with Crippen LogP contribution in [0.5, 0.6) is 0 Å². The van der Waals surface area contributed by atoms with Crippen LogP contribution < -0.4 is 5.32 Å². The molecule has 0 radical (unpaired) electrons. The van der Waals surface area contributed by atoms with E-state index in [0.717, 1.165) is 16.0 Å². The zero-order chi connectivity index (χ0) is 14.0. The molecule has 19 heavy (non-hydrogen) atoms. The second-order valence-corrected chi connectivity index (χ2v) is 6.27. The summed E-state index contributed by atoms with van der Waals surface area (Å²) in [6.45, 7) is 3.95. The first-order chi connectivity index (χ1) is 8.99. The quantitative estimate of drug-likeness (QED) is 0.886. The van der Waals surface area contributed by atoms with Crippen molar-refractivity contribution in [2.24, 2.45) is 0 Å². The highest BCUT2D eigenvalue weighted by atomic mass is 79.9. The molecule has 1 heterocycles. The van der Waals surface area contributed by atoms with Crippen molar-refractivity contribution < 1.29 is 4.79 Å². The van der Waals surface area contributed by atoms with E-state index in [1.165, 1.54) is 0 Å². The number of nitrogens with zero attached hydrogens (tertiary/aromatic N) is 2. The molecule has 0 atom stereocenters. The van der Waals surface area contributed by atoms with Gasteiger partial charge in [0.15, 0.2) is 0 Å². The highest BCUT2D eigenvalue weighted by Crippen LogP contribution is 2.27. The van der Waals surface area contributed by atoms with Crippen molar-refractivity contribution in [2.75, 3.05) is 5.32 Å². The predicted molar refractivity (Wildman–Crippen MR) is 81.1 cm³/mol. The summed E-state index contributed by atoms with van der Waals surface area (Å²) < 4.78 is 4.61. The normalized spacial score (nSPS) is 10.8. The maximum absolute atomic E-state index is 12.2. The Bertz CT molecular complexity index is 615. The van der Waals surface area contributed by atoms with Gasteiger partial charge in [-0.1, -0.05) is 29.9 Å². The van der Waals surface area contributed by atoms with Crippen LogP contribution in [0.4, 0.5) is 5.69 Å². The summed E-state index contributed by atoms with van der Waals surface area (Å²) in [6, 6.07) is 5.22. The Labute approximate surface area is 128 Å². The van der Waals surface area contributed by atoms with Crippen LogP contribution in [0.1, 0.15) is 35.1 Å². The van der Waals surface area contributed by atoms with Gasteiger partial charge < -0.3 is 5.32 Å². The summed E-state index contributed by atoms with van der Waals surface area (Å²) in [5, 5.41) is 7.36. The predicted octanol–water partition coefficient (Wildman–Crippen LogP) is 4.33. The number of halogens is 2. The summed E-state index contributed by atoms with van der Waals surface area (Å²) >= 11 is 10.4. The maximum atomic E-state index is 12.2. The summed E-state index contributed by atoms with van der Waals surface area (Å²) in [6.07, 6.45) is 0. The molecular formula is C12H11BrClN3OS. The van der Waals surface area contributed by atoms with Crippen molar-refractivity contribution in [3.05, 3.63) is 38.3 Å². The summed E-state index contributed by atoms with van der Waals surface area (Å²) in [4.78, 5) is 12.7. The maximum Gasteiger partial charge on any atom is 0.269 e. The number of benzene rings is 1. The van der Waals surface area contributed by atoms with Crippen LogP contribution in [-0.4, -0.2) is 15.5 Å². The van der Waals surface area contributed by atoms with Gasteiger partial charge in [0.2, 0.25) is 0 Å². The van der Waals surface area contributed by atoms with Crippen molar-refractivity contribution >= 4 is 50.7 Å². The zero-order valence-corrected chi connectivity index (χ0v) is 13.4. The molecule has 0 aliphatic carbocycles. The number of carbonyl (C=O) groups excluding carboxylic acids is 1. The van der Waals surface area contributed by atoms with Crippen LogP contribution >= 0.6 is 39.1 Å². The van der Waals surface area contributed by atoms with Crippen LogP contribution in [-0.2, 0) is 0 Å². The lowest BCUT2D eigenvalue weighted by molar-refractivity contribution is 0.102. The van der Waals surface area contributed by atoms with E-state index >= 15 is 0 Å². The van der Waals surface area contributed by atoms with Crippen molar-refractivity contribution in [1.82, 2.24) is 9.59 Å². The highest BCUT2D eigenvalue weighted by molar-refractivity contribution is 9.10. The van der Waals surface area contributed by atoms with Crippen LogP contribution in [0.3, 0.4) is 0 Å². The molecule has 0 saturated carbocycles. The van der Waals surface area contributed by atoms with Gasteiger partial charge in [0.1, 0.15) is 4.88 Å². The molecule has 0 fully saturated rings. The van der Waals surface area contributed by atoms with Gasteiger partial charge in [-0.25, -0.2) is 0 Å². The van der Waals surface area contributed by atoms with E-state index in [1.54, 1.807) is 18.2 Å². The molecule has 1 aromatic heterocycles. The molecule has 2 aromatic rings. The SMILES string of the molecule is CC(C)c1nnsc1C(=O)Nc1cc(Cl)ccc1Br. The van der Waals surface area contributed by atoms with E-state index in [4.69, 9.17) is 11.6 Å². The minimum absolute atomic E-state index is 0.155. The largest absolute Gasteiger partial charge is 0.320 e. The van der Waals surface area contributed by atoms with Gasteiger partial charge in [-0.05, 0) is 51.6 Å². The minimum atomic E-state index is -0.221. The average Bonchev–Trinajstić information content (AvgIpc) is 2.83. The minimum Gasteiger partial charge on any atom is -0.320 e. The summed E-state index contributed by atoms with van der Waals surface area (Å²) in [5.74, 6) is -0.0658. The fourth-order valence-corrected chi connectivity index (χ4v) is 2.74. The zero-order valence-electron chi connectivity index (χ0n) is 10.3. The number of rotatable bonds is 3. The molecule has 0 aliphatic rings. The summed E-state index contributed by atoms with van der Waals surface area (Å²) in [7, 11) is 0. The second kappa shape index (κ2) is 5.98. The Hall–Kier alpha value is -0.980. The number of carbonyl (C=O) groups is 1. The third kappa shape index (κ3) is 3.32. The van der Waals surface area contributed by atoms with E-state index in [-0.39, 0.29) is 11.8 Å². The van der Waals surface area contributed by atoms with Crippen molar-refractivity contribution in [1.29, 1.82) is 0 Å². The molecule has 4 nitrogen and oxygen atoms in total. The van der Waals surface area contributed by atoms with Gasteiger partial charge in [0.05, 0.1) is 11.4 Å². The number of anilines is 1. The Morgan fingerprint density at radius 1 is 1.47 bits per heavy atom. The topological polar surface area (TPSA) is 54.9 Å². The van der Waals surface area contributed by atoms with E-state index in [1.807, 2.05) is 13.8 Å². The van der Waals surface area contributed by atoms with E-state index < -0.39 is 0 Å². The molecule has 0 aliphatic heterocycles. The highest BCUT2D eigenvalue weighted by Gasteiger charge is 2.19. The Balaban J connectivity index is 2.26. The molecule has 100 valence electrons. The monoisotopic (exact) mass is 359 g/mol. The van der Waals surface area contributed by atoms with E-state index in [0.29, 0.717) is 21.3 Å². The third-order valence-electron chi connectivity index (χ3n) is 2.44. The molecule has 1 amide bonds. The summed E-state index contributed by atoms with van der Waals surface area (Å²) in [5.41, 5.74) is 1.33. The lowest BCUT2D eigenvalue weighted by Crippen LogP contribution is -2.13.